The van der Waals surface area contributed by atoms with Crippen LogP contribution in [0.1, 0.15) is 40.9 Å². The Hall–Kier alpha value is -4.20. The van der Waals surface area contributed by atoms with Crippen molar-refractivity contribution in [3.8, 4) is 11.4 Å². The zero-order valence-corrected chi connectivity index (χ0v) is 20.4. The quantitative estimate of drug-likeness (QED) is 0.433. The minimum absolute atomic E-state index is 0.0512. The molecule has 1 aliphatic rings. The molecule has 0 bridgehead atoms. The molecule has 2 aromatic heterocycles. The predicted molar refractivity (Wildman–Crippen MR) is 138 cm³/mol. The average Bonchev–Trinajstić information content (AvgIpc) is 2.91. The predicted octanol–water partition coefficient (Wildman–Crippen LogP) is 3.54. The van der Waals surface area contributed by atoms with Crippen molar-refractivity contribution >= 4 is 16.9 Å². The van der Waals surface area contributed by atoms with Gasteiger partial charge in [0.05, 0.1) is 30.3 Å². The van der Waals surface area contributed by atoms with Crippen LogP contribution in [0.25, 0.3) is 16.7 Å². The lowest BCUT2D eigenvalue weighted by Crippen LogP contribution is -2.42. The van der Waals surface area contributed by atoms with Gasteiger partial charge in [-0.1, -0.05) is 30.3 Å². The number of pyridine rings is 1. The Balaban J connectivity index is 1.78. The van der Waals surface area contributed by atoms with Crippen LogP contribution in [0.4, 0.5) is 0 Å². The fourth-order valence-electron chi connectivity index (χ4n) is 4.76. The third kappa shape index (κ3) is 4.30. The summed E-state index contributed by atoms with van der Waals surface area (Å²) in [4.78, 5) is 47.7. The van der Waals surface area contributed by atoms with Gasteiger partial charge in [-0.3, -0.25) is 14.2 Å². The average molecular weight is 485 g/mol. The molecule has 2 aromatic carbocycles. The molecule has 36 heavy (non-hydrogen) atoms. The lowest BCUT2D eigenvalue weighted by Gasteiger charge is -2.27. The van der Waals surface area contributed by atoms with Crippen molar-refractivity contribution < 1.29 is 9.53 Å². The minimum atomic E-state index is -0.522. The van der Waals surface area contributed by atoms with E-state index in [9.17, 15) is 14.4 Å². The fraction of sp³-hybridized carbons (Fsp3) is 0.286. The molecule has 0 aliphatic carbocycles. The molecule has 1 saturated heterocycles. The summed E-state index contributed by atoms with van der Waals surface area (Å²) in [6.07, 6.45) is 2.95. The maximum absolute atomic E-state index is 13.9. The highest BCUT2D eigenvalue weighted by Gasteiger charge is 2.26. The lowest BCUT2D eigenvalue weighted by molar-refractivity contribution is 0.0726. The van der Waals surface area contributed by atoms with E-state index in [-0.39, 0.29) is 29.0 Å². The molecule has 4 aromatic rings. The summed E-state index contributed by atoms with van der Waals surface area (Å²) in [7, 11) is 1.58. The number of benzene rings is 2. The summed E-state index contributed by atoms with van der Waals surface area (Å²) in [6.45, 7) is 3.13. The van der Waals surface area contributed by atoms with Gasteiger partial charge in [-0.2, -0.15) is 0 Å². The molecule has 0 saturated carbocycles. The van der Waals surface area contributed by atoms with Crippen molar-refractivity contribution in [2.24, 2.45) is 0 Å². The molecule has 0 unspecified atom stereocenters. The van der Waals surface area contributed by atoms with E-state index in [1.54, 1.807) is 49.3 Å². The zero-order chi connectivity index (χ0) is 25.2. The first kappa shape index (κ1) is 23.5. The number of rotatable bonds is 5. The highest BCUT2D eigenvalue weighted by Crippen LogP contribution is 2.21. The minimum Gasteiger partial charge on any atom is -0.497 e. The molecule has 8 nitrogen and oxygen atoms in total. The second-order valence-electron chi connectivity index (χ2n) is 9.06. The fourth-order valence-corrected chi connectivity index (χ4v) is 4.76. The molecular weight excluding hydrogens is 456 g/mol. The van der Waals surface area contributed by atoms with Crippen molar-refractivity contribution in [3.05, 3.63) is 98.3 Å². The summed E-state index contributed by atoms with van der Waals surface area (Å²) in [5, 5.41) is 0.160. The van der Waals surface area contributed by atoms with Crippen molar-refractivity contribution in [3.63, 3.8) is 0 Å². The zero-order valence-electron chi connectivity index (χ0n) is 20.4. The Morgan fingerprint density at radius 3 is 2.33 bits per heavy atom. The number of carbonyl (C=O) groups excluding carboxylic acids is 1. The Bertz CT molecular complexity index is 1530. The van der Waals surface area contributed by atoms with Crippen LogP contribution in [0, 0.1) is 6.92 Å². The second-order valence-corrected chi connectivity index (χ2v) is 9.06. The van der Waals surface area contributed by atoms with Crippen LogP contribution in [0.3, 0.4) is 0 Å². The molecule has 0 spiro atoms. The van der Waals surface area contributed by atoms with E-state index in [0.29, 0.717) is 30.2 Å². The van der Waals surface area contributed by atoms with E-state index in [2.05, 4.69) is 4.98 Å². The molecule has 1 fully saturated rings. The van der Waals surface area contributed by atoms with Gasteiger partial charge < -0.3 is 9.64 Å². The number of aryl methyl sites for hydroxylation is 1. The smallest absolute Gasteiger partial charge is 0.337 e. The van der Waals surface area contributed by atoms with Gasteiger partial charge in [-0.05, 0) is 62.1 Å². The van der Waals surface area contributed by atoms with Gasteiger partial charge in [-0.25, -0.2) is 14.3 Å². The van der Waals surface area contributed by atoms with E-state index in [1.165, 1.54) is 9.13 Å². The number of hydrogen-bond donors (Lipinski definition) is 0. The van der Waals surface area contributed by atoms with E-state index in [4.69, 9.17) is 4.74 Å². The number of hydrogen-bond acceptors (Lipinski definition) is 5. The van der Waals surface area contributed by atoms with Crippen LogP contribution in [-0.4, -0.2) is 45.1 Å². The lowest BCUT2D eigenvalue weighted by atomic mass is 10.1. The molecule has 0 N–H and O–H groups in total. The van der Waals surface area contributed by atoms with Crippen LogP contribution >= 0.6 is 0 Å². The van der Waals surface area contributed by atoms with E-state index >= 15 is 0 Å². The van der Waals surface area contributed by atoms with E-state index < -0.39 is 11.2 Å². The van der Waals surface area contributed by atoms with E-state index in [0.717, 1.165) is 24.8 Å². The third-order valence-electron chi connectivity index (χ3n) is 6.61. The van der Waals surface area contributed by atoms with E-state index in [1.807, 2.05) is 30.3 Å². The van der Waals surface area contributed by atoms with Gasteiger partial charge >= 0.3 is 5.69 Å². The number of methoxy groups -OCH3 is 1. The van der Waals surface area contributed by atoms with Crippen LogP contribution in [0.5, 0.6) is 5.75 Å². The highest BCUT2D eigenvalue weighted by atomic mass is 16.5. The molecule has 3 heterocycles. The second kappa shape index (κ2) is 9.81. The maximum Gasteiger partial charge on any atom is 0.337 e. The van der Waals surface area contributed by atoms with Gasteiger partial charge in [0.15, 0.2) is 5.65 Å². The molecule has 184 valence electrons. The number of ether oxygens (including phenoxy) is 1. The largest absolute Gasteiger partial charge is 0.497 e. The van der Waals surface area contributed by atoms with Gasteiger partial charge in [0.1, 0.15) is 5.75 Å². The topological polar surface area (TPSA) is 86.4 Å². The number of para-hydroxylation sites is 1. The van der Waals surface area contributed by atoms with Crippen molar-refractivity contribution in [1.82, 2.24) is 19.0 Å². The summed E-state index contributed by atoms with van der Waals surface area (Å²) >= 11 is 0. The number of fused-ring (bicyclic) bond motifs is 1. The summed E-state index contributed by atoms with van der Waals surface area (Å²) < 4.78 is 7.84. The maximum atomic E-state index is 13.9. The summed E-state index contributed by atoms with van der Waals surface area (Å²) in [6, 6.07) is 17.9. The van der Waals surface area contributed by atoms with Crippen LogP contribution in [0.2, 0.25) is 0 Å². The number of nitrogens with zero attached hydrogens (tertiary/aromatic N) is 4. The summed E-state index contributed by atoms with van der Waals surface area (Å²) in [5.74, 6) is 0.483. The van der Waals surface area contributed by atoms with Gasteiger partial charge in [0, 0.05) is 18.8 Å². The molecule has 1 aliphatic heterocycles. The molecule has 1 amide bonds. The number of carbonyl (C=O) groups is 1. The Kier molecular flexibility index (Phi) is 6.41. The number of aromatic nitrogens is 3. The number of piperidine rings is 1. The Morgan fingerprint density at radius 1 is 0.972 bits per heavy atom. The standard InChI is InChI=1S/C28H28N4O4/c1-19-17-23(26(33)30-15-7-4-8-16-30)24-25(29-19)32(21-9-5-3-6-10-21)28(35)31(27(24)34)18-20-11-13-22(36-2)14-12-20/h3,5-6,9-14,17H,4,7-8,15-16,18H2,1-2H3. The molecular formula is C28H28N4O4. The molecule has 0 atom stereocenters. The SMILES string of the molecule is COc1ccc(Cn2c(=O)c3c(C(=O)N4CCCCC4)cc(C)nc3n(-c3ccccc3)c2=O)cc1. The number of amides is 1. The first-order valence-corrected chi connectivity index (χ1v) is 12.1. The molecule has 8 heteroatoms. The first-order chi connectivity index (χ1) is 17.5. The Labute approximate surface area is 208 Å². The van der Waals surface area contributed by atoms with Crippen molar-refractivity contribution in [2.75, 3.05) is 20.2 Å². The van der Waals surface area contributed by atoms with Crippen LogP contribution in [0.15, 0.2) is 70.3 Å². The van der Waals surface area contributed by atoms with Crippen LogP contribution < -0.4 is 16.0 Å². The Morgan fingerprint density at radius 2 is 1.67 bits per heavy atom. The van der Waals surface area contributed by atoms with Crippen molar-refractivity contribution in [2.45, 2.75) is 32.7 Å². The first-order valence-electron chi connectivity index (χ1n) is 12.1. The van der Waals surface area contributed by atoms with Crippen LogP contribution in [-0.2, 0) is 6.54 Å². The normalized spacial score (nSPS) is 13.7. The van der Waals surface area contributed by atoms with Crippen molar-refractivity contribution in [1.29, 1.82) is 0 Å². The highest BCUT2D eigenvalue weighted by molar-refractivity contribution is 6.05. The third-order valence-corrected chi connectivity index (χ3v) is 6.61. The summed E-state index contributed by atoms with van der Waals surface area (Å²) in [5.41, 5.74) is 1.36. The molecule has 0 radical (unpaired) electrons. The number of likely N-dealkylation sites (tertiary alicyclic amines) is 1. The molecule has 5 rings (SSSR count). The van der Waals surface area contributed by atoms with Gasteiger partial charge in [0.25, 0.3) is 11.5 Å². The van der Waals surface area contributed by atoms with Gasteiger partial charge in [0.2, 0.25) is 0 Å². The monoisotopic (exact) mass is 484 g/mol. The van der Waals surface area contributed by atoms with Gasteiger partial charge in [-0.15, -0.1) is 0 Å².